The average Bonchev–Trinajstić information content (AvgIpc) is 2.46. The zero-order valence-corrected chi connectivity index (χ0v) is 13.6. The fourth-order valence-corrected chi connectivity index (χ4v) is 2.97. The Morgan fingerprint density at radius 3 is 2.67 bits per heavy atom. The number of likely N-dealkylation sites (tertiary alicyclic amines) is 1. The fourth-order valence-electron chi connectivity index (χ4n) is 2.47. The number of hydrazone groups is 1. The average molecular weight is 329 g/mol. The molecule has 0 bridgehead atoms. The van der Waals surface area contributed by atoms with E-state index in [1.54, 1.807) is 23.1 Å². The fraction of sp³-hybridized carbons (Fsp3) is 0.467. The van der Waals surface area contributed by atoms with E-state index in [4.69, 9.17) is 23.2 Å². The highest BCUT2D eigenvalue weighted by atomic mass is 35.5. The number of rotatable bonds is 4. The van der Waals surface area contributed by atoms with Gasteiger partial charge >= 0.3 is 0 Å². The summed E-state index contributed by atoms with van der Waals surface area (Å²) in [4.78, 5) is 13.6. The Morgan fingerprint density at radius 1 is 1.33 bits per heavy atom. The summed E-state index contributed by atoms with van der Waals surface area (Å²) in [5, 5.41) is 5.07. The van der Waals surface area contributed by atoms with Gasteiger partial charge < -0.3 is 4.90 Å². The number of quaternary nitrogens is 1. The number of carbonyl (C=O) groups excluding carboxylic acids is 1. The van der Waals surface area contributed by atoms with Gasteiger partial charge in [0.15, 0.2) is 0 Å². The highest BCUT2D eigenvalue weighted by Gasteiger charge is 2.18. The maximum Gasteiger partial charge on any atom is 0.272 e. The van der Waals surface area contributed by atoms with Crippen molar-refractivity contribution in [3.63, 3.8) is 0 Å². The lowest BCUT2D eigenvalue weighted by molar-refractivity contribution is -0.901. The molecule has 0 radical (unpaired) electrons. The van der Waals surface area contributed by atoms with Gasteiger partial charge in [0, 0.05) is 23.6 Å². The summed E-state index contributed by atoms with van der Waals surface area (Å²) in [5.41, 5.74) is 4.03. The van der Waals surface area contributed by atoms with Gasteiger partial charge in [-0.1, -0.05) is 30.1 Å². The predicted octanol–water partition coefficient (Wildman–Crippen LogP) is 2.17. The Morgan fingerprint density at radius 2 is 2.05 bits per heavy atom. The number of amides is 1. The molecule has 0 saturated carbocycles. The minimum atomic E-state index is -0.299. The summed E-state index contributed by atoms with van der Waals surface area (Å²) in [6.45, 7) is 5.58. The molecule has 0 aromatic heterocycles. The van der Waals surface area contributed by atoms with Crippen molar-refractivity contribution in [1.29, 1.82) is 0 Å². The summed E-state index contributed by atoms with van der Waals surface area (Å²) in [6, 6.07) is 4.80. The highest BCUT2D eigenvalue weighted by Crippen LogP contribution is 2.20. The molecule has 21 heavy (non-hydrogen) atoms. The van der Waals surface area contributed by atoms with E-state index in [0.717, 1.165) is 31.6 Å². The van der Waals surface area contributed by atoms with Crippen LogP contribution in [0.1, 0.15) is 36.5 Å². The number of hydrogen-bond acceptors (Lipinski definition) is 2. The minimum absolute atomic E-state index is 0.299. The topological polar surface area (TPSA) is 45.9 Å². The van der Waals surface area contributed by atoms with Crippen LogP contribution in [0, 0.1) is 0 Å². The number of nitrogens with one attached hydrogen (secondary N) is 2. The van der Waals surface area contributed by atoms with Crippen LogP contribution >= 0.6 is 23.2 Å². The maximum atomic E-state index is 12.0. The molecule has 1 aliphatic heterocycles. The molecule has 1 heterocycles. The third kappa shape index (κ3) is 4.70. The van der Waals surface area contributed by atoms with E-state index in [1.807, 2.05) is 0 Å². The van der Waals surface area contributed by atoms with Crippen molar-refractivity contribution in [2.24, 2.45) is 5.10 Å². The van der Waals surface area contributed by atoms with Gasteiger partial charge in [-0.3, -0.25) is 4.79 Å². The van der Waals surface area contributed by atoms with Crippen LogP contribution in [0.5, 0.6) is 0 Å². The van der Waals surface area contributed by atoms with Crippen molar-refractivity contribution in [3.8, 4) is 0 Å². The second-order valence-corrected chi connectivity index (χ2v) is 6.09. The van der Waals surface area contributed by atoms with Gasteiger partial charge in [-0.25, -0.2) is 5.43 Å². The van der Waals surface area contributed by atoms with E-state index in [0.29, 0.717) is 15.6 Å². The number of nitrogens with zero attached hydrogens (tertiary/aromatic N) is 1. The first-order valence-electron chi connectivity index (χ1n) is 7.24. The molecule has 1 amide bonds. The quantitative estimate of drug-likeness (QED) is 0.817. The van der Waals surface area contributed by atoms with Crippen molar-refractivity contribution in [1.82, 2.24) is 5.43 Å². The van der Waals surface area contributed by atoms with Crippen molar-refractivity contribution in [2.75, 3.05) is 19.6 Å². The van der Waals surface area contributed by atoms with E-state index in [-0.39, 0.29) is 5.91 Å². The Kier molecular flexibility index (Phi) is 6.03. The summed E-state index contributed by atoms with van der Waals surface area (Å²) in [6.07, 6.45) is 3.07. The molecular formula is C15H20Cl2N3O+. The van der Waals surface area contributed by atoms with Gasteiger partial charge in [-0.2, -0.15) is 5.10 Å². The minimum Gasteiger partial charge on any atom is -0.334 e. The number of benzene rings is 1. The molecular weight excluding hydrogens is 309 g/mol. The Bertz CT molecular complexity index is 536. The zero-order valence-electron chi connectivity index (χ0n) is 12.1. The molecule has 114 valence electrons. The molecule has 1 fully saturated rings. The Hall–Kier alpha value is -1.10. The SMILES string of the molecule is CCC[NH+]1CCC(=NNC(=O)c2ccc(Cl)cc2Cl)CC1. The highest BCUT2D eigenvalue weighted by molar-refractivity contribution is 6.36. The van der Waals surface area contributed by atoms with Crippen LogP contribution in [0.15, 0.2) is 23.3 Å². The molecule has 4 nitrogen and oxygen atoms in total. The van der Waals surface area contributed by atoms with Crippen LogP contribution in [0.25, 0.3) is 0 Å². The van der Waals surface area contributed by atoms with E-state index in [2.05, 4.69) is 17.5 Å². The number of piperidine rings is 1. The van der Waals surface area contributed by atoms with Gasteiger partial charge in [-0.05, 0) is 24.6 Å². The summed E-state index contributed by atoms with van der Waals surface area (Å²) in [5.74, 6) is -0.299. The van der Waals surface area contributed by atoms with Crippen LogP contribution in [0.3, 0.4) is 0 Å². The van der Waals surface area contributed by atoms with Gasteiger partial charge in [0.25, 0.3) is 5.91 Å². The Labute approximate surface area is 135 Å². The lowest BCUT2D eigenvalue weighted by atomic mass is 10.1. The first-order chi connectivity index (χ1) is 10.1. The molecule has 1 aromatic rings. The van der Waals surface area contributed by atoms with Crippen LogP contribution in [-0.2, 0) is 0 Å². The van der Waals surface area contributed by atoms with E-state index >= 15 is 0 Å². The van der Waals surface area contributed by atoms with Gasteiger partial charge in [0.05, 0.1) is 30.2 Å². The van der Waals surface area contributed by atoms with Crippen molar-refractivity contribution >= 4 is 34.8 Å². The number of halogens is 2. The normalized spacial score (nSPS) is 18.4. The molecule has 0 spiro atoms. The van der Waals surface area contributed by atoms with E-state index < -0.39 is 0 Å². The molecule has 0 atom stereocenters. The molecule has 1 saturated heterocycles. The first-order valence-corrected chi connectivity index (χ1v) is 8.00. The lowest BCUT2D eigenvalue weighted by Gasteiger charge is -2.24. The van der Waals surface area contributed by atoms with Crippen LogP contribution < -0.4 is 10.3 Å². The smallest absolute Gasteiger partial charge is 0.272 e. The van der Waals surface area contributed by atoms with Crippen molar-refractivity contribution < 1.29 is 9.69 Å². The molecule has 1 aromatic carbocycles. The molecule has 6 heteroatoms. The van der Waals surface area contributed by atoms with Gasteiger partial charge in [-0.15, -0.1) is 0 Å². The first kappa shape index (κ1) is 16.3. The van der Waals surface area contributed by atoms with Gasteiger partial charge in [0.1, 0.15) is 0 Å². The van der Waals surface area contributed by atoms with Crippen molar-refractivity contribution in [3.05, 3.63) is 33.8 Å². The summed E-state index contributed by atoms with van der Waals surface area (Å²) < 4.78 is 0. The summed E-state index contributed by atoms with van der Waals surface area (Å²) >= 11 is 11.8. The zero-order chi connectivity index (χ0) is 15.2. The van der Waals surface area contributed by atoms with Crippen LogP contribution in [0.4, 0.5) is 0 Å². The number of hydrogen-bond donors (Lipinski definition) is 2. The molecule has 0 unspecified atom stereocenters. The monoisotopic (exact) mass is 328 g/mol. The second kappa shape index (κ2) is 7.78. The van der Waals surface area contributed by atoms with Crippen LogP contribution in [0.2, 0.25) is 10.0 Å². The number of carbonyl (C=O) groups is 1. The van der Waals surface area contributed by atoms with Gasteiger partial charge in [0.2, 0.25) is 0 Å². The van der Waals surface area contributed by atoms with Crippen LogP contribution in [-0.4, -0.2) is 31.3 Å². The molecule has 2 rings (SSSR count). The molecule has 0 aliphatic carbocycles. The Balaban J connectivity index is 1.90. The lowest BCUT2D eigenvalue weighted by Crippen LogP contribution is -3.13. The maximum absolute atomic E-state index is 12.0. The summed E-state index contributed by atoms with van der Waals surface area (Å²) in [7, 11) is 0. The largest absolute Gasteiger partial charge is 0.334 e. The predicted molar refractivity (Wildman–Crippen MR) is 86.5 cm³/mol. The molecule has 1 aliphatic rings. The van der Waals surface area contributed by atoms with Crippen molar-refractivity contribution in [2.45, 2.75) is 26.2 Å². The third-order valence-corrected chi connectivity index (χ3v) is 4.18. The molecule has 2 N–H and O–H groups in total. The third-order valence-electron chi connectivity index (χ3n) is 3.63. The van der Waals surface area contributed by atoms with E-state index in [1.165, 1.54) is 13.0 Å². The van der Waals surface area contributed by atoms with E-state index in [9.17, 15) is 4.79 Å². The standard InChI is InChI=1S/C15H19Cl2N3O/c1-2-7-20-8-5-12(6-9-20)18-19-15(21)13-4-3-11(16)10-14(13)17/h3-4,10H,2,5-9H2,1H3,(H,19,21)/p+1. The second-order valence-electron chi connectivity index (χ2n) is 5.24.